The number of amides is 2. The molecule has 0 aliphatic heterocycles. The van der Waals surface area contributed by atoms with Crippen molar-refractivity contribution < 1.29 is 28.7 Å². The van der Waals surface area contributed by atoms with Crippen LogP contribution in [0.15, 0.2) is 109 Å². The quantitative estimate of drug-likeness (QED) is 0.105. The lowest BCUT2D eigenvalue weighted by Crippen LogP contribution is -2.30. The van der Waals surface area contributed by atoms with E-state index >= 15 is 0 Å². The van der Waals surface area contributed by atoms with Crippen LogP contribution in [0.3, 0.4) is 0 Å². The Kier molecular flexibility index (Phi) is 12.0. The van der Waals surface area contributed by atoms with Crippen molar-refractivity contribution in [3.8, 4) is 34.1 Å². The summed E-state index contributed by atoms with van der Waals surface area (Å²) in [6, 6.07) is 32.2. The third kappa shape index (κ3) is 9.01. The number of hydrogen-bond acceptors (Lipinski definition) is 6. The maximum atomic E-state index is 13.4. The SMILES string of the molecule is CCCC(C)(CC)c1cccc(Oc2cccc(Oc3cccc(NC(=O)c4ccc(-c5ccc(C=O)c(C(=O)NC(C)C)c5)cc4C=O)c3)c2)c1. The van der Waals surface area contributed by atoms with E-state index in [1.807, 2.05) is 50.2 Å². The van der Waals surface area contributed by atoms with Crippen molar-refractivity contribution in [1.82, 2.24) is 5.32 Å². The average molecular weight is 697 g/mol. The monoisotopic (exact) mass is 696 g/mol. The molecule has 0 radical (unpaired) electrons. The van der Waals surface area contributed by atoms with E-state index in [4.69, 9.17) is 9.47 Å². The minimum atomic E-state index is -0.477. The molecule has 5 rings (SSSR count). The predicted molar refractivity (Wildman–Crippen MR) is 205 cm³/mol. The van der Waals surface area contributed by atoms with Gasteiger partial charge in [0.25, 0.3) is 11.8 Å². The van der Waals surface area contributed by atoms with Crippen LogP contribution in [-0.2, 0) is 5.41 Å². The maximum Gasteiger partial charge on any atom is 0.256 e. The molecule has 0 fully saturated rings. The van der Waals surface area contributed by atoms with Crippen LogP contribution in [0.25, 0.3) is 11.1 Å². The largest absolute Gasteiger partial charge is 0.457 e. The van der Waals surface area contributed by atoms with Gasteiger partial charge in [0, 0.05) is 35.0 Å². The van der Waals surface area contributed by atoms with Crippen molar-refractivity contribution in [1.29, 1.82) is 0 Å². The molecule has 0 aliphatic carbocycles. The van der Waals surface area contributed by atoms with E-state index in [1.54, 1.807) is 60.7 Å². The minimum Gasteiger partial charge on any atom is -0.457 e. The molecule has 0 spiro atoms. The van der Waals surface area contributed by atoms with Crippen molar-refractivity contribution >= 4 is 30.1 Å². The molecule has 0 aromatic heterocycles. The highest BCUT2D eigenvalue weighted by Crippen LogP contribution is 2.36. The summed E-state index contributed by atoms with van der Waals surface area (Å²) < 4.78 is 12.4. The fourth-order valence-electron chi connectivity index (χ4n) is 6.14. The van der Waals surface area contributed by atoms with Gasteiger partial charge in [0.15, 0.2) is 12.6 Å². The first-order valence-electron chi connectivity index (χ1n) is 17.5. The van der Waals surface area contributed by atoms with Gasteiger partial charge in [-0.15, -0.1) is 0 Å². The number of ether oxygens (including phenoxy) is 2. The lowest BCUT2D eigenvalue weighted by atomic mass is 9.76. The number of carbonyl (C=O) groups is 4. The molecular formula is C44H44N2O6. The molecule has 52 heavy (non-hydrogen) atoms. The van der Waals surface area contributed by atoms with E-state index in [9.17, 15) is 19.2 Å². The summed E-state index contributed by atoms with van der Waals surface area (Å²) in [5.74, 6) is 1.60. The lowest BCUT2D eigenvalue weighted by molar-refractivity contribution is 0.0937. The molecule has 1 unspecified atom stereocenters. The molecule has 2 N–H and O–H groups in total. The number of hydrogen-bond donors (Lipinski definition) is 2. The Morgan fingerprint density at radius 3 is 1.90 bits per heavy atom. The Bertz CT molecular complexity index is 2090. The Balaban J connectivity index is 1.29. The van der Waals surface area contributed by atoms with Gasteiger partial charge in [-0.3, -0.25) is 19.2 Å². The van der Waals surface area contributed by atoms with Crippen molar-refractivity contribution in [2.24, 2.45) is 0 Å². The van der Waals surface area contributed by atoms with Crippen molar-refractivity contribution in [2.75, 3.05) is 5.32 Å². The smallest absolute Gasteiger partial charge is 0.256 e. The van der Waals surface area contributed by atoms with Crippen molar-refractivity contribution in [2.45, 2.75) is 65.3 Å². The van der Waals surface area contributed by atoms with Crippen molar-refractivity contribution in [3.05, 3.63) is 137 Å². The number of carbonyl (C=O) groups excluding carboxylic acids is 4. The van der Waals surface area contributed by atoms with E-state index in [-0.39, 0.29) is 39.6 Å². The zero-order chi connectivity index (χ0) is 37.3. The second-order valence-electron chi connectivity index (χ2n) is 13.3. The second kappa shape index (κ2) is 16.8. The van der Waals surface area contributed by atoms with Crippen LogP contribution in [0.4, 0.5) is 5.69 Å². The molecule has 2 amide bonds. The normalized spacial score (nSPS) is 12.0. The van der Waals surface area contributed by atoms with Crippen LogP contribution in [-0.4, -0.2) is 30.4 Å². The van der Waals surface area contributed by atoms with E-state index in [1.165, 1.54) is 5.56 Å². The molecule has 0 saturated heterocycles. The van der Waals surface area contributed by atoms with Gasteiger partial charge in [0.05, 0.1) is 11.1 Å². The van der Waals surface area contributed by atoms with Crippen LogP contribution in [0.1, 0.15) is 101 Å². The molecule has 5 aromatic carbocycles. The van der Waals surface area contributed by atoms with Gasteiger partial charge in [-0.05, 0) is 103 Å². The Morgan fingerprint density at radius 2 is 1.27 bits per heavy atom. The van der Waals surface area contributed by atoms with Crippen LogP contribution >= 0.6 is 0 Å². The zero-order valence-electron chi connectivity index (χ0n) is 30.2. The first-order valence-corrected chi connectivity index (χ1v) is 17.5. The number of benzene rings is 5. The van der Waals surface area contributed by atoms with E-state index in [2.05, 4.69) is 43.5 Å². The number of nitrogens with one attached hydrogen (secondary N) is 2. The van der Waals surface area contributed by atoms with Gasteiger partial charge in [-0.25, -0.2) is 0 Å². The maximum absolute atomic E-state index is 13.4. The topological polar surface area (TPSA) is 111 Å². The number of anilines is 1. The average Bonchev–Trinajstić information content (AvgIpc) is 3.14. The molecule has 0 heterocycles. The van der Waals surface area contributed by atoms with E-state index in [0.29, 0.717) is 46.6 Å². The van der Waals surface area contributed by atoms with E-state index in [0.717, 1.165) is 25.0 Å². The molecular weight excluding hydrogens is 652 g/mol. The van der Waals surface area contributed by atoms with Gasteiger partial charge in [-0.1, -0.05) is 69.7 Å². The summed E-state index contributed by atoms with van der Waals surface area (Å²) in [6.07, 6.45) is 4.49. The molecule has 5 aromatic rings. The summed E-state index contributed by atoms with van der Waals surface area (Å²) in [7, 11) is 0. The van der Waals surface area contributed by atoms with Gasteiger partial charge >= 0.3 is 0 Å². The third-order valence-corrected chi connectivity index (χ3v) is 9.08. The van der Waals surface area contributed by atoms with Gasteiger partial charge < -0.3 is 20.1 Å². The van der Waals surface area contributed by atoms with Crippen LogP contribution < -0.4 is 20.1 Å². The van der Waals surface area contributed by atoms with Crippen LogP contribution in [0.5, 0.6) is 23.0 Å². The number of aldehydes is 2. The predicted octanol–water partition coefficient (Wildman–Crippen LogP) is 10.4. The highest BCUT2D eigenvalue weighted by Gasteiger charge is 2.24. The van der Waals surface area contributed by atoms with Gasteiger partial charge in [0.2, 0.25) is 0 Å². The molecule has 266 valence electrons. The first kappa shape index (κ1) is 37.2. The standard InChI is InChI=1S/C44H44N2O6/c1-6-21-44(5,7-2)34-11-8-13-36(24-34)51-38-15-10-16-39(26-38)52-37-14-9-12-35(25-37)46-42(49)40-20-19-30(22-33(40)28-48)31-17-18-32(27-47)41(23-31)43(50)45-29(3)4/h8-20,22-29H,6-7,21H2,1-5H3,(H,45,50)(H,46,49). The molecule has 8 nitrogen and oxygen atoms in total. The Morgan fingerprint density at radius 1 is 0.673 bits per heavy atom. The highest BCUT2D eigenvalue weighted by molar-refractivity contribution is 6.09. The molecule has 0 saturated carbocycles. The molecule has 0 aliphatic rings. The fourth-order valence-corrected chi connectivity index (χ4v) is 6.14. The van der Waals surface area contributed by atoms with Crippen LogP contribution in [0.2, 0.25) is 0 Å². The Labute approximate surface area is 305 Å². The number of rotatable bonds is 15. The highest BCUT2D eigenvalue weighted by atomic mass is 16.5. The molecule has 8 heteroatoms. The van der Waals surface area contributed by atoms with Gasteiger partial charge in [0.1, 0.15) is 23.0 Å². The summed E-state index contributed by atoms with van der Waals surface area (Å²) >= 11 is 0. The molecule has 0 bridgehead atoms. The van der Waals surface area contributed by atoms with Crippen LogP contribution in [0, 0.1) is 0 Å². The first-order chi connectivity index (χ1) is 25.0. The third-order valence-electron chi connectivity index (χ3n) is 9.08. The Hall–Kier alpha value is -6.02. The zero-order valence-corrected chi connectivity index (χ0v) is 30.2. The molecule has 1 atom stereocenters. The van der Waals surface area contributed by atoms with Gasteiger partial charge in [-0.2, -0.15) is 0 Å². The second-order valence-corrected chi connectivity index (χ2v) is 13.3. The lowest BCUT2D eigenvalue weighted by Gasteiger charge is -2.29. The van der Waals surface area contributed by atoms with E-state index < -0.39 is 5.91 Å². The fraction of sp³-hybridized carbons (Fsp3) is 0.227. The summed E-state index contributed by atoms with van der Waals surface area (Å²) in [4.78, 5) is 49.9. The minimum absolute atomic E-state index is 0.0845. The van der Waals surface area contributed by atoms with Crippen molar-refractivity contribution in [3.63, 3.8) is 0 Å². The summed E-state index contributed by atoms with van der Waals surface area (Å²) in [6.45, 7) is 10.4. The summed E-state index contributed by atoms with van der Waals surface area (Å²) in [5.41, 5.74) is 3.87. The summed E-state index contributed by atoms with van der Waals surface area (Å²) in [5, 5.41) is 5.66.